The van der Waals surface area contributed by atoms with Crippen LogP contribution in [-0.2, 0) is 4.74 Å². The second kappa shape index (κ2) is 7.31. The summed E-state index contributed by atoms with van der Waals surface area (Å²) in [5, 5.41) is 16.8. The first kappa shape index (κ1) is 16.8. The molecule has 0 spiro atoms. The number of nitrogens with one attached hydrogen (secondary N) is 3. The van der Waals surface area contributed by atoms with Crippen molar-refractivity contribution in [2.24, 2.45) is 11.8 Å². The fourth-order valence-electron chi connectivity index (χ4n) is 3.75. The van der Waals surface area contributed by atoms with Crippen molar-refractivity contribution in [2.75, 3.05) is 32.1 Å². The zero-order valence-electron chi connectivity index (χ0n) is 14.2. The van der Waals surface area contributed by atoms with Crippen molar-refractivity contribution < 1.29 is 4.74 Å². The van der Waals surface area contributed by atoms with Crippen LogP contribution in [0.25, 0.3) is 11.2 Å². The maximum absolute atomic E-state index is 8.67. The van der Waals surface area contributed by atoms with E-state index >= 15 is 0 Å². The van der Waals surface area contributed by atoms with Gasteiger partial charge < -0.3 is 9.72 Å². The van der Waals surface area contributed by atoms with Crippen LogP contribution in [0, 0.1) is 22.7 Å². The van der Waals surface area contributed by atoms with Gasteiger partial charge in [-0.1, -0.05) is 11.9 Å². The van der Waals surface area contributed by atoms with E-state index in [0.717, 1.165) is 56.1 Å². The predicted molar refractivity (Wildman–Crippen MR) is 98.7 cm³/mol. The number of hydrogen-bond acceptors (Lipinski definition) is 6. The minimum absolute atomic E-state index is 0.227. The number of morpholine rings is 1. The largest absolute Gasteiger partial charge is 0.379 e. The van der Waals surface area contributed by atoms with E-state index in [2.05, 4.69) is 14.3 Å². The summed E-state index contributed by atoms with van der Waals surface area (Å²) < 4.78 is 9.54. The third kappa shape index (κ3) is 3.51. The number of aromatic amines is 1. The van der Waals surface area contributed by atoms with Crippen LogP contribution in [0.15, 0.2) is 18.5 Å². The number of hydrogen-bond donors (Lipinski definition) is 3. The molecule has 0 bridgehead atoms. The van der Waals surface area contributed by atoms with Gasteiger partial charge in [-0.2, -0.15) is 0 Å². The highest BCUT2D eigenvalue weighted by Crippen LogP contribution is 2.35. The molecule has 1 saturated heterocycles. The molecule has 3 heterocycles. The van der Waals surface area contributed by atoms with E-state index in [-0.39, 0.29) is 11.4 Å². The lowest BCUT2D eigenvalue weighted by Gasteiger charge is -2.26. The van der Waals surface area contributed by atoms with Gasteiger partial charge in [0, 0.05) is 31.0 Å². The molecule has 134 valence electrons. The molecule has 4 rings (SSSR count). The quantitative estimate of drug-likeness (QED) is 0.442. The Hall–Kier alpha value is -1.64. The molecule has 0 radical (unpaired) electrons. The second-order valence-corrected chi connectivity index (χ2v) is 7.90. The van der Waals surface area contributed by atoms with E-state index in [1.165, 1.54) is 12.6 Å². The van der Waals surface area contributed by atoms with E-state index in [1.807, 2.05) is 24.2 Å². The fraction of sp³-hybridized carbons (Fsp3) is 0.588. The highest BCUT2D eigenvalue weighted by atomic mass is 32.2. The summed E-state index contributed by atoms with van der Waals surface area (Å²) in [4.78, 5) is 7.29. The Kier molecular flexibility index (Phi) is 4.91. The van der Waals surface area contributed by atoms with Crippen molar-refractivity contribution in [3.05, 3.63) is 23.9 Å². The van der Waals surface area contributed by atoms with Crippen LogP contribution >= 0.6 is 11.9 Å². The van der Waals surface area contributed by atoms with Crippen molar-refractivity contribution >= 4 is 28.9 Å². The van der Waals surface area contributed by atoms with Crippen LogP contribution in [0.2, 0.25) is 0 Å². The molecule has 2 fully saturated rings. The monoisotopic (exact) mass is 360 g/mol. The van der Waals surface area contributed by atoms with Gasteiger partial charge >= 0.3 is 0 Å². The van der Waals surface area contributed by atoms with Gasteiger partial charge in [-0.05, 0) is 31.2 Å². The van der Waals surface area contributed by atoms with E-state index in [1.54, 1.807) is 4.57 Å². The first-order valence-corrected chi connectivity index (χ1v) is 9.81. The van der Waals surface area contributed by atoms with Crippen LogP contribution in [0.5, 0.6) is 0 Å². The number of aromatic nitrogens is 3. The molecule has 25 heavy (non-hydrogen) atoms. The Morgan fingerprint density at radius 3 is 3.04 bits per heavy atom. The van der Waals surface area contributed by atoms with Crippen molar-refractivity contribution in [2.45, 2.75) is 19.3 Å². The lowest BCUT2D eigenvalue weighted by atomic mass is 10.0. The molecule has 1 saturated carbocycles. The van der Waals surface area contributed by atoms with E-state index in [4.69, 9.17) is 15.6 Å². The number of rotatable bonds is 4. The summed E-state index contributed by atoms with van der Waals surface area (Å²) in [7, 11) is 0. The van der Waals surface area contributed by atoms with Gasteiger partial charge in [0.2, 0.25) is 0 Å². The van der Waals surface area contributed by atoms with Crippen LogP contribution in [-0.4, -0.2) is 56.7 Å². The number of fused-ring (bicyclic) bond motifs is 1. The van der Waals surface area contributed by atoms with Gasteiger partial charge in [0.25, 0.3) is 0 Å². The maximum atomic E-state index is 8.67. The van der Waals surface area contributed by atoms with E-state index < -0.39 is 0 Å². The summed E-state index contributed by atoms with van der Waals surface area (Å²) in [6.07, 6.45) is 6.58. The molecule has 1 aliphatic carbocycles. The molecule has 8 heteroatoms. The minimum Gasteiger partial charge on any atom is -0.379 e. The molecular weight excluding hydrogens is 336 g/mol. The Morgan fingerprint density at radius 2 is 2.20 bits per heavy atom. The Bertz CT molecular complexity index is 809. The predicted octanol–water partition coefficient (Wildman–Crippen LogP) is 2.07. The topological polar surface area (TPSA) is 93.8 Å². The van der Waals surface area contributed by atoms with Gasteiger partial charge in [0.15, 0.2) is 5.65 Å². The van der Waals surface area contributed by atoms with E-state index in [9.17, 15) is 0 Å². The zero-order chi connectivity index (χ0) is 17.2. The fourth-order valence-corrected chi connectivity index (χ4v) is 4.88. The normalized spacial score (nSPS) is 24.8. The van der Waals surface area contributed by atoms with Crippen molar-refractivity contribution in [1.82, 2.24) is 18.8 Å². The first-order chi connectivity index (χ1) is 12.2. The third-order valence-electron chi connectivity index (χ3n) is 5.13. The van der Waals surface area contributed by atoms with Gasteiger partial charge in [-0.25, -0.2) is 9.29 Å². The molecule has 7 nitrogen and oxygen atoms in total. The number of nitrogens with zero attached hydrogens (tertiary/aromatic N) is 3. The first-order valence-electron chi connectivity index (χ1n) is 8.86. The lowest BCUT2D eigenvalue weighted by molar-refractivity contribution is 0.0772. The molecule has 2 aromatic heterocycles. The van der Waals surface area contributed by atoms with E-state index in [0.29, 0.717) is 11.8 Å². The molecule has 0 amide bonds. The summed E-state index contributed by atoms with van der Waals surface area (Å²) >= 11 is 1.94. The van der Waals surface area contributed by atoms with Gasteiger partial charge in [-0.15, -0.1) is 0 Å². The van der Waals surface area contributed by atoms with Crippen molar-refractivity contribution in [3.8, 4) is 0 Å². The maximum Gasteiger partial charge on any atom is 0.154 e. The standard InChI is InChI=1S/C17H24N6OS/c18-15-10-21-17-14(3-4-20-17)23(15)16(19)13-2-1-12(9-13)11-25-22-5-7-24-8-6-22/h3-4,10,12-13,18-20H,1-2,5-9,11H2. The Morgan fingerprint density at radius 1 is 1.36 bits per heavy atom. The SMILES string of the molecule is N=C(C1CCC(CSN2CCOCC2)C1)n1c(=N)cnc2[nH]ccc21. The van der Waals surface area contributed by atoms with Crippen molar-refractivity contribution in [1.29, 1.82) is 10.8 Å². The molecule has 0 aromatic carbocycles. The van der Waals surface area contributed by atoms with Crippen LogP contribution in [0.1, 0.15) is 19.3 Å². The number of ether oxygens (including phenoxy) is 1. The summed E-state index contributed by atoms with van der Waals surface area (Å²) in [6.45, 7) is 3.69. The average Bonchev–Trinajstić information content (AvgIpc) is 3.29. The molecule has 3 N–H and O–H groups in total. The zero-order valence-corrected chi connectivity index (χ0v) is 15.0. The molecule has 2 aliphatic rings. The molecule has 2 atom stereocenters. The van der Waals surface area contributed by atoms with Crippen LogP contribution < -0.4 is 5.49 Å². The Balaban J connectivity index is 1.41. The van der Waals surface area contributed by atoms with Gasteiger partial charge in [-0.3, -0.25) is 15.4 Å². The highest BCUT2D eigenvalue weighted by molar-refractivity contribution is 7.97. The second-order valence-electron chi connectivity index (χ2n) is 6.79. The number of H-pyrrole nitrogens is 1. The lowest BCUT2D eigenvalue weighted by Crippen LogP contribution is -2.32. The third-order valence-corrected chi connectivity index (χ3v) is 6.48. The average molecular weight is 360 g/mol. The van der Waals surface area contributed by atoms with Crippen LogP contribution in [0.3, 0.4) is 0 Å². The molecular formula is C17H24N6OS. The summed E-state index contributed by atoms with van der Waals surface area (Å²) in [6, 6.07) is 1.90. The smallest absolute Gasteiger partial charge is 0.154 e. The summed E-state index contributed by atoms with van der Waals surface area (Å²) in [5.41, 5.74) is 1.84. The minimum atomic E-state index is 0.227. The molecule has 2 aromatic rings. The van der Waals surface area contributed by atoms with Crippen LogP contribution in [0.4, 0.5) is 0 Å². The van der Waals surface area contributed by atoms with Gasteiger partial charge in [0.1, 0.15) is 11.3 Å². The van der Waals surface area contributed by atoms with Crippen molar-refractivity contribution in [3.63, 3.8) is 0 Å². The van der Waals surface area contributed by atoms with Gasteiger partial charge in [0.05, 0.1) is 24.9 Å². The summed E-state index contributed by atoms with van der Waals surface area (Å²) in [5.74, 6) is 2.54. The Labute approximate surface area is 150 Å². The molecule has 1 aliphatic heterocycles. The molecule has 2 unspecified atom stereocenters. The highest BCUT2D eigenvalue weighted by Gasteiger charge is 2.30.